The quantitative estimate of drug-likeness (QED) is 0.355. The van der Waals surface area contributed by atoms with E-state index < -0.39 is 23.4 Å². The molecule has 0 aliphatic carbocycles. The van der Waals surface area contributed by atoms with E-state index in [1.807, 2.05) is 12.1 Å². The number of benzene rings is 3. The van der Waals surface area contributed by atoms with Crippen LogP contribution in [-0.4, -0.2) is 0 Å². The fraction of sp³-hybridized carbons (Fsp3) is 0.182. The highest BCUT2D eigenvalue weighted by Gasteiger charge is 2.33. The lowest BCUT2D eigenvalue weighted by Gasteiger charge is -2.07. The predicted molar refractivity (Wildman–Crippen MR) is 95.3 cm³/mol. The lowest BCUT2D eigenvalue weighted by Crippen LogP contribution is -2.07. The number of aryl methyl sites for hydroxylation is 1. The molecular formula is C22H15F5. The summed E-state index contributed by atoms with van der Waals surface area (Å²) in [7, 11) is 0. The molecule has 0 fully saturated rings. The van der Waals surface area contributed by atoms with Gasteiger partial charge in [-0.15, -0.1) is 0 Å². The Kier molecular flexibility index (Phi) is 5.18. The first-order valence-corrected chi connectivity index (χ1v) is 8.39. The van der Waals surface area contributed by atoms with Crippen LogP contribution in [0.25, 0.3) is 10.8 Å². The van der Waals surface area contributed by atoms with Crippen LogP contribution in [0.3, 0.4) is 0 Å². The van der Waals surface area contributed by atoms with Crippen LogP contribution in [-0.2, 0) is 12.6 Å². The zero-order valence-corrected chi connectivity index (χ0v) is 14.4. The van der Waals surface area contributed by atoms with Gasteiger partial charge in [0.25, 0.3) is 0 Å². The summed E-state index contributed by atoms with van der Waals surface area (Å²) in [6.45, 7) is 2.06. The smallest absolute Gasteiger partial charge is 0.206 e. The third kappa shape index (κ3) is 4.11. The molecule has 0 aliphatic heterocycles. The topological polar surface area (TPSA) is 0 Å². The second kappa shape index (κ2) is 7.40. The van der Waals surface area contributed by atoms with E-state index in [-0.39, 0.29) is 11.1 Å². The van der Waals surface area contributed by atoms with Gasteiger partial charge < -0.3 is 0 Å². The first-order chi connectivity index (χ1) is 12.8. The molecule has 0 heterocycles. The average Bonchev–Trinajstić information content (AvgIpc) is 2.60. The van der Waals surface area contributed by atoms with E-state index in [1.165, 1.54) is 6.07 Å². The maximum atomic E-state index is 14.7. The van der Waals surface area contributed by atoms with Crippen LogP contribution in [0.4, 0.5) is 22.0 Å². The molecule has 3 aromatic rings. The lowest BCUT2D eigenvalue weighted by molar-refractivity contribution is -0.140. The molecule has 0 atom stereocenters. The van der Waals surface area contributed by atoms with Crippen molar-refractivity contribution in [1.29, 1.82) is 0 Å². The molecule has 0 saturated carbocycles. The Hall–Kier alpha value is -2.87. The summed E-state index contributed by atoms with van der Waals surface area (Å²) < 4.78 is 66.0. The maximum absolute atomic E-state index is 14.7. The van der Waals surface area contributed by atoms with E-state index in [0.29, 0.717) is 17.5 Å². The van der Waals surface area contributed by atoms with Crippen molar-refractivity contribution in [2.24, 2.45) is 0 Å². The van der Waals surface area contributed by atoms with E-state index in [1.54, 1.807) is 12.1 Å². The minimum absolute atomic E-state index is 0.0401. The Balaban J connectivity index is 1.95. The molecule has 0 bridgehead atoms. The molecule has 0 saturated heterocycles. The number of hydrogen-bond acceptors (Lipinski definition) is 0. The molecule has 0 aromatic heterocycles. The number of hydrogen-bond donors (Lipinski definition) is 0. The van der Waals surface area contributed by atoms with Gasteiger partial charge in [-0.25, -0.2) is 8.78 Å². The minimum Gasteiger partial charge on any atom is -0.206 e. The minimum atomic E-state index is -4.77. The van der Waals surface area contributed by atoms with Crippen molar-refractivity contribution in [1.82, 2.24) is 0 Å². The normalized spacial score (nSPS) is 11.3. The van der Waals surface area contributed by atoms with Crippen LogP contribution < -0.4 is 0 Å². The van der Waals surface area contributed by atoms with Crippen LogP contribution >= 0.6 is 0 Å². The standard InChI is InChI=1S/C22H15F5/c1-2-3-14-5-10-18-17(12-14)9-8-16(21(18)24)7-4-15-6-11-19(20(23)13-15)22(25,26)27/h5-6,8-13H,2-3H2,1H3. The number of rotatable bonds is 2. The zero-order valence-electron chi connectivity index (χ0n) is 14.4. The van der Waals surface area contributed by atoms with Gasteiger partial charge in [0.15, 0.2) is 0 Å². The first kappa shape index (κ1) is 18.9. The van der Waals surface area contributed by atoms with Gasteiger partial charge in [-0.3, -0.25) is 0 Å². The van der Waals surface area contributed by atoms with Gasteiger partial charge in [-0.05, 0) is 41.6 Å². The fourth-order valence-corrected chi connectivity index (χ4v) is 2.84. The van der Waals surface area contributed by atoms with E-state index in [4.69, 9.17) is 0 Å². The summed E-state index contributed by atoms with van der Waals surface area (Å²) in [4.78, 5) is 0. The van der Waals surface area contributed by atoms with Crippen molar-refractivity contribution in [2.75, 3.05) is 0 Å². The fourth-order valence-electron chi connectivity index (χ4n) is 2.84. The van der Waals surface area contributed by atoms with Gasteiger partial charge in [0, 0.05) is 10.9 Å². The highest BCUT2D eigenvalue weighted by Crippen LogP contribution is 2.31. The van der Waals surface area contributed by atoms with Crippen molar-refractivity contribution < 1.29 is 22.0 Å². The number of alkyl halides is 3. The Morgan fingerprint density at radius 3 is 2.33 bits per heavy atom. The monoisotopic (exact) mass is 374 g/mol. The number of halogens is 5. The van der Waals surface area contributed by atoms with Crippen LogP contribution in [0.2, 0.25) is 0 Å². The maximum Gasteiger partial charge on any atom is 0.419 e. The summed E-state index contributed by atoms with van der Waals surface area (Å²) in [5.41, 5.74) is -0.0966. The highest BCUT2D eigenvalue weighted by atomic mass is 19.4. The largest absolute Gasteiger partial charge is 0.419 e. The van der Waals surface area contributed by atoms with Crippen molar-refractivity contribution in [3.05, 3.63) is 82.4 Å². The van der Waals surface area contributed by atoms with Gasteiger partial charge in [0.1, 0.15) is 11.6 Å². The molecule has 0 spiro atoms. The molecule has 27 heavy (non-hydrogen) atoms. The molecule has 138 valence electrons. The molecule has 3 rings (SSSR count). The lowest BCUT2D eigenvalue weighted by atomic mass is 10.0. The Labute approximate surface area is 153 Å². The Bertz CT molecular complexity index is 1050. The molecule has 0 N–H and O–H groups in total. The molecular weight excluding hydrogens is 359 g/mol. The van der Waals surface area contributed by atoms with Gasteiger partial charge in [0.05, 0.1) is 11.1 Å². The second-order valence-corrected chi connectivity index (χ2v) is 6.17. The summed E-state index contributed by atoms with van der Waals surface area (Å²) in [6, 6.07) is 11.1. The van der Waals surface area contributed by atoms with Gasteiger partial charge in [0.2, 0.25) is 0 Å². The molecule has 5 heteroatoms. The van der Waals surface area contributed by atoms with E-state index in [9.17, 15) is 22.0 Å². The van der Waals surface area contributed by atoms with Crippen LogP contribution in [0, 0.1) is 23.5 Å². The zero-order chi connectivity index (χ0) is 19.6. The van der Waals surface area contributed by atoms with E-state index in [0.717, 1.165) is 29.9 Å². The van der Waals surface area contributed by atoms with Gasteiger partial charge in [-0.1, -0.05) is 49.5 Å². The summed E-state index contributed by atoms with van der Waals surface area (Å²) in [6.07, 6.45) is -2.88. The third-order valence-corrected chi connectivity index (χ3v) is 4.17. The molecule has 0 radical (unpaired) electrons. The van der Waals surface area contributed by atoms with Crippen LogP contribution in [0.15, 0.2) is 48.5 Å². The van der Waals surface area contributed by atoms with Gasteiger partial charge >= 0.3 is 6.18 Å². The van der Waals surface area contributed by atoms with E-state index in [2.05, 4.69) is 18.8 Å². The second-order valence-electron chi connectivity index (χ2n) is 6.17. The molecule has 0 amide bonds. The highest BCUT2D eigenvalue weighted by molar-refractivity contribution is 5.85. The predicted octanol–water partition coefficient (Wildman–Crippen LogP) is 6.49. The first-order valence-electron chi connectivity index (χ1n) is 8.39. The van der Waals surface area contributed by atoms with Crippen LogP contribution in [0.5, 0.6) is 0 Å². The van der Waals surface area contributed by atoms with Crippen molar-refractivity contribution >= 4 is 10.8 Å². The Morgan fingerprint density at radius 1 is 0.889 bits per heavy atom. The van der Waals surface area contributed by atoms with E-state index >= 15 is 0 Å². The van der Waals surface area contributed by atoms with Crippen molar-refractivity contribution in [3.63, 3.8) is 0 Å². The molecule has 0 aliphatic rings. The van der Waals surface area contributed by atoms with Crippen molar-refractivity contribution in [3.8, 4) is 11.8 Å². The summed E-state index contributed by atoms with van der Waals surface area (Å²) in [5, 5.41) is 1.17. The summed E-state index contributed by atoms with van der Waals surface area (Å²) in [5.74, 6) is 3.18. The SMILES string of the molecule is CCCc1ccc2c(F)c(C#Cc3ccc(C(F)(F)F)c(F)c3)ccc2c1. The average molecular weight is 374 g/mol. The van der Waals surface area contributed by atoms with Crippen molar-refractivity contribution in [2.45, 2.75) is 25.9 Å². The number of fused-ring (bicyclic) bond motifs is 1. The Morgan fingerprint density at radius 2 is 1.67 bits per heavy atom. The molecule has 0 unspecified atom stereocenters. The van der Waals surface area contributed by atoms with Crippen LogP contribution in [0.1, 0.15) is 35.6 Å². The molecule has 0 nitrogen and oxygen atoms in total. The molecule has 3 aromatic carbocycles. The van der Waals surface area contributed by atoms with Gasteiger partial charge in [-0.2, -0.15) is 13.2 Å². The third-order valence-electron chi connectivity index (χ3n) is 4.17. The summed E-state index contributed by atoms with van der Waals surface area (Å²) >= 11 is 0.